The summed E-state index contributed by atoms with van der Waals surface area (Å²) in [6.45, 7) is 6.83. The van der Waals surface area contributed by atoms with E-state index in [4.69, 9.17) is 0 Å². The Bertz CT molecular complexity index is 303. The lowest BCUT2D eigenvalue weighted by molar-refractivity contribution is 0.513. The third-order valence-corrected chi connectivity index (χ3v) is 2.73. The largest absolute Gasteiger partial charge is 0.377 e. The van der Waals surface area contributed by atoms with Gasteiger partial charge in [-0.1, -0.05) is 31.6 Å². The first-order valence-electron chi connectivity index (χ1n) is 5.75. The van der Waals surface area contributed by atoms with Crippen LogP contribution in [-0.2, 0) is 0 Å². The Balaban J connectivity index is 2.93. The van der Waals surface area contributed by atoms with E-state index in [1.54, 1.807) is 0 Å². The van der Waals surface area contributed by atoms with Gasteiger partial charge in [0.05, 0.1) is 0 Å². The number of nitrogens with zero attached hydrogens (tertiary/aromatic N) is 1. The van der Waals surface area contributed by atoms with E-state index in [0.717, 1.165) is 12.3 Å². The molecule has 0 unspecified atom stereocenters. The van der Waals surface area contributed by atoms with Crippen molar-refractivity contribution in [3.63, 3.8) is 0 Å². The lowest BCUT2D eigenvalue weighted by Gasteiger charge is -2.24. The predicted octanol–water partition coefficient (Wildman–Crippen LogP) is 3.75. The van der Waals surface area contributed by atoms with E-state index >= 15 is 0 Å². The fourth-order valence-electron chi connectivity index (χ4n) is 2.10. The summed E-state index contributed by atoms with van der Waals surface area (Å²) in [5.74, 6) is 0.742. The highest BCUT2D eigenvalue weighted by molar-refractivity contribution is 5.40. The summed E-state index contributed by atoms with van der Waals surface area (Å²) in [4.78, 5) is 2.21. The third-order valence-electron chi connectivity index (χ3n) is 2.73. The SMILES string of the molecule is CC(CC(C)C)=C1CC=CC=C1N(C)C. The van der Waals surface area contributed by atoms with Gasteiger partial charge in [-0.3, -0.25) is 0 Å². The monoisotopic (exact) mass is 205 g/mol. The topological polar surface area (TPSA) is 3.24 Å². The molecule has 0 radical (unpaired) electrons. The molecule has 0 aromatic carbocycles. The molecule has 1 heteroatoms. The molecule has 0 saturated heterocycles. The van der Waals surface area contributed by atoms with Crippen molar-refractivity contribution in [3.8, 4) is 0 Å². The average Bonchev–Trinajstić information content (AvgIpc) is 2.16. The molecule has 0 aromatic rings. The van der Waals surface area contributed by atoms with Crippen LogP contribution in [0.2, 0.25) is 0 Å². The van der Waals surface area contributed by atoms with Crippen LogP contribution in [0.15, 0.2) is 35.1 Å². The summed E-state index contributed by atoms with van der Waals surface area (Å²) >= 11 is 0. The van der Waals surface area contributed by atoms with Gasteiger partial charge >= 0.3 is 0 Å². The van der Waals surface area contributed by atoms with E-state index in [1.165, 1.54) is 23.3 Å². The first kappa shape index (κ1) is 12.1. The fourth-order valence-corrected chi connectivity index (χ4v) is 2.10. The second kappa shape index (κ2) is 5.20. The molecule has 0 heterocycles. The minimum atomic E-state index is 0.742. The van der Waals surface area contributed by atoms with E-state index in [1.807, 2.05) is 0 Å². The maximum absolute atomic E-state index is 2.28. The average molecular weight is 205 g/mol. The highest BCUT2D eigenvalue weighted by atomic mass is 15.1. The normalized spacial score (nSPS) is 19.2. The maximum atomic E-state index is 2.28. The molecule has 1 rings (SSSR count). The molecule has 0 aliphatic heterocycles. The van der Waals surface area contributed by atoms with E-state index in [-0.39, 0.29) is 0 Å². The Kier molecular flexibility index (Phi) is 4.19. The highest BCUT2D eigenvalue weighted by Gasteiger charge is 2.12. The molecular formula is C14H23N. The first-order valence-corrected chi connectivity index (χ1v) is 5.75. The second-order valence-corrected chi connectivity index (χ2v) is 4.94. The maximum Gasteiger partial charge on any atom is 0.0396 e. The lowest BCUT2D eigenvalue weighted by atomic mass is 9.93. The Morgan fingerprint density at radius 2 is 2.07 bits per heavy atom. The lowest BCUT2D eigenvalue weighted by Crippen LogP contribution is -2.15. The van der Waals surface area contributed by atoms with E-state index < -0.39 is 0 Å². The molecular weight excluding hydrogens is 182 g/mol. The molecule has 0 bridgehead atoms. The van der Waals surface area contributed by atoms with Crippen molar-refractivity contribution in [2.24, 2.45) is 5.92 Å². The molecule has 1 aliphatic rings. The van der Waals surface area contributed by atoms with Crippen LogP contribution in [0.4, 0.5) is 0 Å². The number of likely N-dealkylation sites (N-methyl/N-ethyl adjacent to an activating group) is 1. The number of rotatable bonds is 3. The molecule has 15 heavy (non-hydrogen) atoms. The molecule has 0 atom stereocenters. The summed E-state index contributed by atoms with van der Waals surface area (Å²) in [6, 6.07) is 0. The van der Waals surface area contributed by atoms with Gasteiger partial charge in [0.25, 0.3) is 0 Å². The zero-order valence-corrected chi connectivity index (χ0v) is 10.7. The van der Waals surface area contributed by atoms with Crippen LogP contribution in [0.3, 0.4) is 0 Å². The Labute approximate surface area is 94.2 Å². The Morgan fingerprint density at radius 1 is 1.40 bits per heavy atom. The Hall–Kier alpha value is -0.980. The quantitative estimate of drug-likeness (QED) is 0.678. The molecule has 0 saturated carbocycles. The molecule has 0 spiro atoms. The van der Waals surface area contributed by atoms with E-state index in [0.29, 0.717) is 0 Å². The first-order chi connectivity index (χ1) is 7.02. The van der Waals surface area contributed by atoms with Crippen LogP contribution in [-0.4, -0.2) is 19.0 Å². The van der Waals surface area contributed by atoms with Gasteiger partial charge in [0, 0.05) is 19.8 Å². The summed E-state index contributed by atoms with van der Waals surface area (Å²) in [5.41, 5.74) is 4.42. The van der Waals surface area contributed by atoms with Crippen LogP contribution >= 0.6 is 0 Å². The van der Waals surface area contributed by atoms with Crippen molar-refractivity contribution in [2.75, 3.05) is 14.1 Å². The van der Waals surface area contributed by atoms with Gasteiger partial charge in [-0.2, -0.15) is 0 Å². The molecule has 0 fully saturated rings. The standard InChI is InChI=1S/C14H23N/c1-11(2)10-12(3)13-8-6-7-9-14(13)15(4)5/h6-7,9,11H,8,10H2,1-5H3. The highest BCUT2D eigenvalue weighted by Crippen LogP contribution is 2.27. The fraction of sp³-hybridized carbons (Fsp3) is 0.571. The minimum Gasteiger partial charge on any atom is -0.377 e. The van der Waals surface area contributed by atoms with Crippen molar-refractivity contribution in [1.29, 1.82) is 0 Å². The van der Waals surface area contributed by atoms with Gasteiger partial charge in [-0.15, -0.1) is 0 Å². The van der Waals surface area contributed by atoms with Crippen molar-refractivity contribution in [2.45, 2.75) is 33.6 Å². The summed E-state index contributed by atoms with van der Waals surface area (Å²) in [7, 11) is 4.24. The van der Waals surface area contributed by atoms with Gasteiger partial charge in [0.1, 0.15) is 0 Å². The van der Waals surface area contributed by atoms with Gasteiger partial charge in [0.2, 0.25) is 0 Å². The predicted molar refractivity (Wildman–Crippen MR) is 67.7 cm³/mol. The smallest absolute Gasteiger partial charge is 0.0396 e. The number of allylic oxidation sites excluding steroid dienone is 5. The van der Waals surface area contributed by atoms with Crippen molar-refractivity contribution < 1.29 is 0 Å². The summed E-state index contributed by atoms with van der Waals surface area (Å²) in [6.07, 6.45) is 8.90. The zero-order valence-electron chi connectivity index (χ0n) is 10.7. The molecule has 0 N–H and O–H groups in total. The van der Waals surface area contributed by atoms with E-state index in [9.17, 15) is 0 Å². The molecule has 0 amide bonds. The van der Waals surface area contributed by atoms with Crippen LogP contribution < -0.4 is 0 Å². The number of hydrogen-bond donors (Lipinski definition) is 0. The van der Waals surface area contributed by atoms with Crippen LogP contribution in [0.1, 0.15) is 33.6 Å². The third kappa shape index (κ3) is 3.26. The second-order valence-electron chi connectivity index (χ2n) is 4.94. The molecule has 0 aromatic heterocycles. The van der Waals surface area contributed by atoms with Crippen LogP contribution in [0, 0.1) is 5.92 Å². The number of hydrogen-bond acceptors (Lipinski definition) is 1. The van der Waals surface area contributed by atoms with E-state index in [2.05, 4.69) is 58.0 Å². The van der Waals surface area contributed by atoms with Crippen LogP contribution in [0.5, 0.6) is 0 Å². The van der Waals surface area contributed by atoms with Gasteiger partial charge in [0.15, 0.2) is 0 Å². The zero-order chi connectivity index (χ0) is 11.4. The van der Waals surface area contributed by atoms with Crippen molar-refractivity contribution >= 4 is 0 Å². The summed E-state index contributed by atoms with van der Waals surface area (Å²) in [5, 5.41) is 0. The molecule has 84 valence electrons. The van der Waals surface area contributed by atoms with Crippen LogP contribution in [0.25, 0.3) is 0 Å². The summed E-state index contributed by atoms with van der Waals surface area (Å²) < 4.78 is 0. The van der Waals surface area contributed by atoms with Gasteiger partial charge in [-0.05, 0) is 37.3 Å². The van der Waals surface area contributed by atoms with Gasteiger partial charge < -0.3 is 4.90 Å². The molecule has 1 nitrogen and oxygen atoms in total. The van der Waals surface area contributed by atoms with Crippen molar-refractivity contribution in [1.82, 2.24) is 4.90 Å². The van der Waals surface area contributed by atoms with Gasteiger partial charge in [-0.25, -0.2) is 0 Å². The minimum absolute atomic E-state index is 0.742. The molecule has 1 aliphatic carbocycles. The Morgan fingerprint density at radius 3 is 2.60 bits per heavy atom. The van der Waals surface area contributed by atoms with Crippen molar-refractivity contribution in [3.05, 3.63) is 35.1 Å².